The van der Waals surface area contributed by atoms with Gasteiger partial charge in [0, 0.05) is 10.3 Å². The van der Waals surface area contributed by atoms with E-state index in [4.69, 9.17) is 0 Å². The van der Waals surface area contributed by atoms with E-state index < -0.39 is 50.2 Å². The number of β-lactam (4-membered cyclic amide) rings is 1. The van der Waals surface area contributed by atoms with Gasteiger partial charge in [0.15, 0.2) is 10.1 Å². The number of esters is 1. The van der Waals surface area contributed by atoms with Gasteiger partial charge in [-0.1, -0.05) is 28.1 Å². The molecular formula is C18H18BrNO7S. The van der Waals surface area contributed by atoms with Crippen molar-refractivity contribution in [2.75, 3.05) is 7.11 Å². The molecule has 150 valence electrons. The summed E-state index contributed by atoms with van der Waals surface area (Å²) in [6, 6.07) is 4.44. The van der Waals surface area contributed by atoms with Crippen LogP contribution in [0.1, 0.15) is 34.6 Å². The second-order valence-electron chi connectivity index (χ2n) is 7.13. The molecule has 2 aliphatic heterocycles. The molecule has 3 rings (SSSR count). The number of aliphatic hydroxyl groups is 1. The molecule has 1 aromatic carbocycles. The number of carboxylic acids is 1. The fourth-order valence-corrected chi connectivity index (χ4v) is 6.10. The fraction of sp³-hybridized carbons (Fsp3) is 0.444. The molecule has 0 radical (unpaired) electrons. The van der Waals surface area contributed by atoms with Gasteiger partial charge < -0.3 is 19.8 Å². The average molecular weight is 472 g/mol. The highest BCUT2D eigenvalue weighted by atomic mass is 79.9. The predicted octanol–water partition coefficient (Wildman–Crippen LogP) is 1.30. The molecule has 1 aromatic rings. The molecule has 0 bridgehead atoms. The summed E-state index contributed by atoms with van der Waals surface area (Å²) in [6.07, 6.45) is -1.72. The highest BCUT2D eigenvalue weighted by molar-refractivity contribution is 9.10. The van der Waals surface area contributed by atoms with E-state index in [0.717, 1.165) is 0 Å². The molecule has 2 aliphatic rings. The number of amides is 1. The van der Waals surface area contributed by atoms with Crippen LogP contribution in [0.3, 0.4) is 0 Å². The van der Waals surface area contributed by atoms with Crippen molar-refractivity contribution in [2.45, 2.75) is 40.4 Å². The number of benzene rings is 1. The molecule has 2 unspecified atom stereocenters. The molecule has 0 saturated carbocycles. The van der Waals surface area contributed by atoms with Crippen LogP contribution in [0.15, 0.2) is 24.3 Å². The summed E-state index contributed by atoms with van der Waals surface area (Å²) in [4.78, 5) is 49.8. The quantitative estimate of drug-likeness (QED) is 0.285. The summed E-state index contributed by atoms with van der Waals surface area (Å²) in [5, 5.41) is 19.5. The Morgan fingerprint density at radius 3 is 2.25 bits per heavy atom. The number of nitrogens with zero attached hydrogens (tertiary/aromatic N) is 1. The minimum atomic E-state index is -1.72. The number of halogens is 1. The van der Waals surface area contributed by atoms with Crippen LogP contribution in [0.5, 0.6) is 0 Å². The number of ether oxygens (including phenoxy) is 1. The van der Waals surface area contributed by atoms with E-state index in [2.05, 4.69) is 20.7 Å². The number of alkyl halides is 1. The molecule has 4 atom stereocenters. The number of ketones is 1. The van der Waals surface area contributed by atoms with Gasteiger partial charge in [0.05, 0.1) is 12.7 Å². The van der Waals surface area contributed by atoms with E-state index in [0.29, 0.717) is 0 Å². The third-order valence-corrected chi connectivity index (χ3v) is 8.16. The number of rotatable bonds is 5. The van der Waals surface area contributed by atoms with Crippen molar-refractivity contribution in [3.8, 4) is 0 Å². The van der Waals surface area contributed by atoms with E-state index in [1.54, 1.807) is 13.8 Å². The highest BCUT2D eigenvalue weighted by Gasteiger charge is 2.73. The van der Waals surface area contributed by atoms with E-state index in [1.807, 2.05) is 0 Å². The largest absolute Gasteiger partial charge is 0.480 e. The summed E-state index contributed by atoms with van der Waals surface area (Å²) in [5.74, 6) is -3.05. The van der Waals surface area contributed by atoms with E-state index in [1.165, 1.54) is 48.0 Å². The van der Waals surface area contributed by atoms with Crippen molar-refractivity contribution in [1.82, 2.24) is 4.90 Å². The van der Waals surface area contributed by atoms with E-state index in [9.17, 15) is 29.4 Å². The standard InChI is InChI=1S/C18H18BrNO7S/c1-17(2)11(13(23)24)20-15(26)18(19,16(20)28-17)12(22)10(21)8-4-6-9(7-5-8)14(25)27-3/h4-7,11-12,16,22H,1-3H3,(H,23,24)/t11-,12?,16+,18?/m0/s1. The zero-order valence-corrected chi connectivity index (χ0v) is 17.6. The number of aliphatic hydroxyl groups excluding tert-OH is 1. The number of thioether (sulfide) groups is 1. The molecule has 2 N–H and O–H groups in total. The van der Waals surface area contributed by atoms with E-state index in [-0.39, 0.29) is 11.1 Å². The maximum atomic E-state index is 12.8. The summed E-state index contributed by atoms with van der Waals surface area (Å²) >= 11 is 4.45. The summed E-state index contributed by atoms with van der Waals surface area (Å²) in [7, 11) is 1.23. The Morgan fingerprint density at radius 2 is 1.75 bits per heavy atom. The molecule has 0 aliphatic carbocycles. The third-order valence-electron chi connectivity index (χ3n) is 5.00. The Balaban J connectivity index is 1.85. The van der Waals surface area contributed by atoms with Gasteiger partial charge in [-0.2, -0.15) is 0 Å². The van der Waals surface area contributed by atoms with Gasteiger partial charge >= 0.3 is 11.9 Å². The first-order valence-corrected chi connectivity index (χ1v) is 9.97. The minimum Gasteiger partial charge on any atom is -0.480 e. The first kappa shape index (κ1) is 20.8. The van der Waals surface area contributed by atoms with Crippen LogP contribution in [-0.4, -0.2) is 72.4 Å². The maximum Gasteiger partial charge on any atom is 0.337 e. The lowest BCUT2D eigenvalue weighted by atomic mass is 9.84. The van der Waals surface area contributed by atoms with Crippen LogP contribution < -0.4 is 0 Å². The van der Waals surface area contributed by atoms with Crippen LogP contribution in [-0.2, 0) is 14.3 Å². The average Bonchev–Trinajstić information content (AvgIpc) is 2.94. The number of hydrogen-bond donors (Lipinski definition) is 2. The van der Waals surface area contributed by atoms with Crippen molar-refractivity contribution < 1.29 is 34.1 Å². The second-order valence-corrected chi connectivity index (χ2v) is 10.2. The van der Waals surface area contributed by atoms with Crippen LogP contribution >= 0.6 is 27.7 Å². The molecule has 8 nitrogen and oxygen atoms in total. The molecule has 10 heteroatoms. The molecule has 2 saturated heterocycles. The van der Waals surface area contributed by atoms with E-state index >= 15 is 0 Å². The van der Waals surface area contributed by atoms with Gasteiger partial charge in [0.1, 0.15) is 17.5 Å². The van der Waals surface area contributed by atoms with Crippen LogP contribution in [0.25, 0.3) is 0 Å². The third kappa shape index (κ3) is 2.85. The maximum absolute atomic E-state index is 12.8. The SMILES string of the molecule is COC(=O)c1ccc(C(=O)C(O)C2(Br)C(=O)N3[C@@H](C(=O)O)C(C)(C)S[C@@H]32)cc1. The lowest BCUT2D eigenvalue weighted by Crippen LogP contribution is -2.75. The van der Waals surface area contributed by atoms with Gasteiger partial charge in [-0.3, -0.25) is 9.59 Å². The lowest BCUT2D eigenvalue weighted by Gasteiger charge is -2.51. The Bertz CT molecular complexity index is 871. The number of Topliss-reactive ketones (excluding diaryl/α,β-unsaturated/α-hetero) is 1. The first-order valence-electron chi connectivity index (χ1n) is 8.29. The van der Waals surface area contributed by atoms with Crippen molar-refractivity contribution in [2.24, 2.45) is 0 Å². The summed E-state index contributed by atoms with van der Waals surface area (Å²) < 4.78 is 2.19. The van der Waals surface area contributed by atoms with Crippen molar-refractivity contribution in [1.29, 1.82) is 0 Å². The highest BCUT2D eigenvalue weighted by Crippen LogP contribution is 2.59. The minimum absolute atomic E-state index is 0.113. The number of aliphatic carboxylic acids is 1. The van der Waals surface area contributed by atoms with Crippen molar-refractivity contribution in [3.63, 3.8) is 0 Å². The second kappa shape index (κ2) is 6.85. The van der Waals surface area contributed by atoms with Crippen molar-refractivity contribution >= 4 is 51.3 Å². The molecule has 0 spiro atoms. The fourth-order valence-electron chi connectivity index (χ4n) is 3.53. The Labute approximate surface area is 173 Å². The monoisotopic (exact) mass is 471 g/mol. The van der Waals surface area contributed by atoms with Gasteiger partial charge in [-0.15, -0.1) is 11.8 Å². The summed E-state index contributed by atoms with van der Waals surface area (Å²) in [5.41, 5.74) is 0.354. The summed E-state index contributed by atoms with van der Waals surface area (Å²) in [6.45, 7) is 3.41. The Kier molecular flexibility index (Phi) is 5.10. The Hall–Kier alpha value is -1.91. The number of hydrogen-bond acceptors (Lipinski definition) is 7. The molecule has 0 aromatic heterocycles. The number of carbonyl (C=O) groups excluding carboxylic acids is 3. The zero-order valence-electron chi connectivity index (χ0n) is 15.2. The van der Waals surface area contributed by atoms with Gasteiger partial charge in [-0.05, 0) is 26.0 Å². The van der Waals surface area contributed by atoms with Gasteiger partial charge in [0.2, 0.25) is 5.91 Å². The van der Waals surface area contributed by atoms with Crippen LogP contribution in [0, 0.1) is 0 Å². The molecule has 2 heterocycles. The predicted molar refractivity (Wildman–Crippen MR) is 104 cm³/mol. The molecule has 2 fully saturated rings. The number of methoxy groups -OCH3 is 1. The topological polar surface area (TPSA) is 121 Å². The lowest BCUT2D eigenvalue weighted by molar-refractivity contribution is -0.163. The van der Waals surface area contributed by atoms with Crippen LogP contribution in [0.4, 0.5) is 0 Å². The van der Waals surface area contributed by atoms with Gasteiger partial charge in [0.25, 0.3) is 0 Å². The van der Waals surface area contributed by atoms with Crippen LogP contribution in [0.2, 0.25) is 0 Å². The normalized spacial score (nSPS) is 28.9. The molecular weight excluding hydrogens is 454 g/mol. The van der Waals surface area contributed by atoms with Crippen molar-refractivity contribution in [3.05, 3.63) is 35.4 Å². The Morgan fingerprint density at radius 1 is 1.21 bits per heavy atom. The first-order chi connectivity index (χ1) is 13.0. The smallest absolute Gasteiger partial charge is 0.337 e. The molecule has 1 amide bonds. The molecule has 28 heavy (non-hydrogen) atoms. The number of fused-ring (bicyclic) bond motifs is 1. The number of carbonyl (C=O) groups is 4. The zero-order chi connectivity index (χ0) is 21.0. The van der Waals surface area contributed by atoms with Gasteiger partial charge in [-0.25, -0.2) is 9.59 Å². The number of carboxylic acid groups (broad SMARTS) is 1.